The predicted octanol–water partition coefficient (Wildman–Crippen LogP) is 6.01. The molecule has 1 unspecified atom stereocenters. The van der Waals surface area contributed by atoms with Gasteiger partial charge in [-0.3, -0.25) is 0 Å². The lowest BCUT2D eigenvalue weighted by Gasteiger charge is -2.29. The van der Waals surface area contributed by atoms with Crippen LogP contribution in [-0.2, 0) is 0 Å². The third-order valence-corrected chi connectivity index (χ3v) is 7.78. The molecule has 0 bridgehead atoms. The van der Waals surface area contributed by atoms with Crippen LogP contribution < -0.4 is 15.4 Å². The average molecular weight is 491 g/mol. The summed E-state index contributed by atoms with van der Waals surface area (Å²) in [6, 6.07) is 13.7. The molecule has 0 amide bonds. The number of thioether (sulfide) groups is 1. The van der Waals surface area contributed by atoms with Gasteiger partial charge in [-0.15, -0.1) is 23.1 Å². The Balaban J connectivity index is 1.45. The molecule has 2 N–H and O–H groups in total. The number of aromatic nitrogens is 4. The zero-order chi connectivity index (χ0) is 23.2. The molecule has 5 rings (SSSR count). The second-order valence-corrected chi connectivity index (χ2v) is 10.2. The third-order valence-electron chi connectivity index (χ3n) is 5.56. The Morgan fingerprint density at radius 3 is 2.62 bits per heavy atom. The smallest absolute Gasteiger partial charge is 0.188 e. The molecule has 7 nitrogen and oxygen atoms in total. The van der Waals surface area contributed by atoms with Crippen LogP contribution in [-0.4, -0.2) is 33.0 Å². The van der Waals surface area contributed by atoms with E-state index in [1.54, 1.807) is 23.1 Å². The minimum Gasteiger partial charge on any atom is -0.453 e. The lowest BCUT2D eigenvalue weighted by Crippen LogP contribution is -2.30. The van der Waals surface area contributed by atoms with Gasteiger partial charge >= 0.3 is 0 Å². The van der Waals surface area contributed by atoms with E-state index in [1.807, 2.05) is 73.4 Å². The molecule has 1 aromatic carbocycles. The maximum atomic E-state index is 6.26. The maximum absolute atomic E-state index is 6.26. The number of pyridine rings is 1. The van der Waals surface area contributed by atoms with E-state index in [9.17, 15) is 0 Å². The summed E-state index contributed by atoms with van der Waals surface area (Å²) in [5, 5.41) is 9.72. The van der Waals surface area contributed by atoms with Gasteiger partial charge in [-0.05, 0) is 63.0 Å². The van der Waals surface area contributed by atoms with Crippen molar-refractivity contribution in [2.45, 2.75) is 29.9 Å². The fourth-order valence-corrected chi connectivity index (χ4v) is 5.86. The Morgan fingerprint density at radius 1 is 1.09 bits per heavy atom. The molecule has 4 heterocycles. The molecule has 0 saturated carbocycles. The highest BCUT2D eigenvalue weighted by atomic mass is 32.2. The van der Waals surface area contributed by atoms with Crippen molar-refractivity contribution >= 4 is 34.0 Å². The lowest BCUT2D eigenvalue weighted by atomic mass is 9.94. The molecule has 0 spiro atoms. The first kappa shape index (κ1) is 22.8. The summed E-state index contributed by atoms with van der Waals surface area (Å²) < 4.78 is 6.26. The van der Waals surface area contributed by atoms with E-state index in [2.05, 4.69) is 25.6 Å². The normalized spacial score (nSPS) is 15.1. The number of anilines is 2. The minimum atomic E-state index is 0.148. The average Bonchev–Trinajstić information content (AvgIpc) is 3.30. The summed E-state index contributed by atoms with van der Waals surface area (Å²) >= 11 is 3.30. The van der Waals surface area contributed by atoms with E-state index in [1.165, 1.54) is 0 Å². The van der Waals surface area contributed by atoms with Gasteiger partial charge in [-0.2, -0.15) is 0 Å². The Bertz CT molecular complexity index is 1200. The topological polar surface area (TPSA) is 84.9 Å². The monoisotopic (exact) mass is 490 g/mol. The van der Waals surface area contributed by atoms with Gasteiger partial charge in [0.1, 0.15) is 11.6 Å². The molecule has 1 atom stereocenters. The van der Waals surface area contributed by atoms with Gasteiger partial charge in [-0.1, -0.05) is 18.2 Å². The Kier molecular flexibility index (Phi) is 7.33. The molecule has 1 aliphatic heterocycles. The first-order valence-corrected chi connectivity index (χ1v) is 13.1. The molecule has 0 radical (unpaired) electrons. The van der Waals surface area contributed by atoms with Crippen LogP contribution in [0.5, 0.6) is 11.5 Å². The molecule has 3 aromatic heterocycles. The molecule has 174 valence electrons. The van der Waals surface area contributed by atoms with Gasteiger partial charge in [0.15, 0.2) is 16.7 Å². The first-order valence-electron chi connectivity index (χ1n) is 11.3. The van der Waals surface area contributed by atoms with Crippen molar-refractivity contribution in [3.05, 3.63) is 78.0 Å². The highest BCUT2D eigenvalue weighted by molar-refractivity contribution is 7.99. The molecule has 0 aliphatic carbocycles. The number of para-hydroxylation sites is 1. The standard InChI is InChI=1S/C25H26N6OS2/c1-17-16-33-25(30-17)31-23-21(32-19-6-3-2-4-7-19)14-20(15-29-23)34-22(18-8-12-26-13-9-18)24-27-10-5-11-28-24/h2-7,10-11,14-16,18,22,26H,8-9,12-13H2,1H3,(H,29,30,31). The van der Waals surface area contributed by atoms with Gasteiger partial charge in [-0.25, -0.2) is 19.9 Å². The van der Waals surface area contributed by atoms with Crippen LogP contribution in [0.25, 0.3) is 0 Å². The molecule has 1 aliphatic rings. The highest BCUT2D eigenvalue weighted by Crippen LogP contribution is 2.44. The SMILES string of the molecule is Cc1csc(Nc2ncc(SC(c3ncccn3)C3CCNCC3)cc2Oc2ccccc2)n1. The summed E-state index contributed by atoms with van der Waals surface area (Å²) in [6.45, 7) is 4.01. The number of benzene rings is 1. The number of thiazole rings is 1. The largest absolute Gasteiger partial charge is 0.453 e. The van der Waals surface area contributed by atoms with Crippen LogP contribution in [0.1, 0.15) is 29.6 Å². The summed E-state index contributed by atoms with van der Waals surface area (Å²) in [5.41, 5.74) is 0.970. The Hall–Kier alpha value is -3.01. The Morgan fingerprint density at radius 2 is 1.88 bits per heavy atom. The molecule has 9 heteroatoms. The fraction of sp³-hybridized carbons (Fsp3) is 0.280. The second kappa shape index (κ2) is 10.9. The number of hydrogen-bond donors (Lipinski definition) is 2. The summed E-state index contributed by atoms with van der Waals surface area (Å²) in [7, 11) is 0. The van der Waals surface area contributed by atoms with Crippen LogP contribution in [0, 0.1) is 12.8 Å². The van der Waals surface area contributed by atoms with Gasteiger partial charge < -0.3 is 15.4 Å². The van der Waals surface area contributed by atoms with Crippen molar-refractivity contribution in [3.8, 4) is 11.5 Å². The zero-order valence-electron chi connectivity index (χ0n) is 18.8. The van der Waals surface area contributed by atoms with E-state index >= 15 is 0 Å². The van der Waals surface area contributed by atoms with Crippen LogP contribution in [0.3, 0.4) is 0 Å². The number of nitrogens with zero attached hydrogens (tertiary/aromatic N) is 4. The summed E-state index contributed by atoms with van der Waals surface area (Å²) in [5.74, 6) is 3.40. The molecule has 4 aromatic rings. The number of nitrogens with one attached hydrogen (secondary N) is 2. The number of hydrogen-bond acceptors (Lipinski definition) is 9. The van der Waals surface area contributed by atoms with Crippen molar-refractivity contribution < 1.29 is 4.74 Å². The van der Waals surface area contributed by atoms with Crippen molar-refractivity contribution in [1.29, 1.82) is 0 Å². The van der Waals surface area contributed by atoms with E-state index in [-0.39, 0.29) is 5.25 Å². The molecule has 1 saturated heterocycles. The van der Waals surface area contributed by atoms with E-state index in [0.717, 1.165) is 53.2 Å². The van der Waals surface area contributed by atoms with E-state index < -0.39 is 0 Å². The summed E-state index contributed by atoms with van der Waals surface area (Å²) in [6.07, 6.45) is 7.73. The third kappa shape index (κ3) is 5.72. The lowest BCUT2D eigenvalue weighted by molar-refractivity contribution is 0.361. The van der Waals surface area contributed by atoms with Gasteiger partial charge in [0.05, 0.1) is 10.9 Å². The molecular formula is C25H26N6OS2. The Labute approximate surface area is 207 Å². The van der Waals surface area contributed by atoms with Crippen LogP contribution in [0.2, 0.25) is 0 Å². The molecule has 1 fully saturated rings. The summed E-state index contributed by atoms with van der Waals surface area (Å²) in [4.78, 5) is 19.4. The van der Waals surface area contributed by atoms with Gasteiger partial charge in [0, 0.05) is 28.9 Å². The van der Waals surface area contributed by atoms with E-state index in [4.69, 9.17) is 9.72 Å². The van der Waals surface area contributed by atoms with Gasteiger partial charge in [0.25, 0.3) is 0 Å². The number of rotatable bonds is 8. The number of piperidine rings is 1. The minimum absolute atomic E-state index is 0.148. The van der Waals surface area contributed by atoms with Crippen molar-refractivity contribution in [2.75, 3.05) is 18.4 Å². The number of aryl methyl sites for hydroxylation is 1. The highest BCUT2D eigenvalue weighted by Gasteiger charge is 2.28. The van der Waals surface area contributed by atoms with Crippen molar-refractivity contribution in [1.82, 2.24) is 25.3 Å². The first-order chi connectivity index (χ1) is 16.7. The zero-order valence-corrected chi connectivity index (χ0v) is 20.5. The fourth-order valence-electron chi connectivity index (χ4n) is 3.90. The maximum Gasteiger partial charge on any atom is 0.188 e. The molecular weight excluding hydrogens is 464 g/mol. The van der Waals surface area contributed by atoms with Crippen LogP contribution in [0.4, 0.5) is 10.9 Å². The quantitative estimate of drug-likeness (QED) is 0.291. The van der Waals surface area contributed by atoms with Crippen molar-refractivity contribution in [2.24, 2.45) is 5.92 Å². The van der Waals surface area contributed by atoms with Gasteiger partial charge in [0.2, 0.25) is 0 Å². The predicted molar refractivity (Wildman–Crippen MR) is 137 cm³/mol. The van der Waals surface area contributed by atoms with E-state index in [0.29, 0.717) is 17.5 Å². The van der Waals surface area contributed by atoms with Crippen molar-refractivity contribution in [3.63, 3.8) is 0 Å². The number of ether oxygens (including phenoxy) is 1. The molecule has 34 heavy (non-hydrogen) atoms. The van der Waals surface area contributed by atoms with Crippen LogP contribution in [0.15, 0.2) is 71.3 Å². The second-order valence-electron chi connectivity index (χ2n) is 8.08. The van der Waals surface area contributed by atoms with Crippen LogP contribution >= 0.6 is 23.1 Å².